The maximum atomic E-state index is 9.72. The van der Waals surface area contributed by atoms with E-state index in [1.54, 1.807) is 0 Å². The molecule has 12 atom stereocenters. The van der Waals surface area contributed by atoms with Crippen molar-refractivity contribution in [1.82, 2.24) is 0 Å². The molecule has 3 saturated heterocycles. The molecule has 15 nitrogen and oxygen atoms in total. The van der Waals surface area contributed by atoms with Crippen LogP contribution in [-0.2, 0) is 28.4 Å². The van der Waals surface area contributed by atoms with Crippen LogP contribution in [0.1, 0.15) is 97.8 Å². The normalized spacial score (nSPS) is 29.0. The molecule has 3 aliphatic heterocycles. The predicted molar refractivity (Wildman–Crippen MR) is 219 cm³/mol. The van der Waals surface area contributed by atoms with Crippen molar-refractivity contribution in [3.8, 4) is 0 Å². The summed E-state index contributed by atoms with van der Waals surface area (Å²) >= 11 is 0. The molecule has 0 spiro atoms. The average molecular weight is 847 g/mol. The molecule has 0 unspecified atom stereocenters. The second kappa shape index (κ2) is 36.5. The molecule has 0 bridgehead atoms. The predicted octanol–water partition coefficient (Wildman–Crippen LogP) is 0.533. The Balaban J connectivity index is -0.000000703. The lowest BCUT2D eigenvalue weighted by molar-refractivity contribution is -0.101. The van der Waals surface area contributed by atoms with Gasteiger partial charge in [0, 0.05) is 19.8 Å². The zero-order chi connectivity index (χ0) is 38.0. The summed E-state index contributed by atoms with van der Waals surface area (Å²) in [4.78, 5) is 0. The number of rotatable bonds is 24. The first-order valence-corrected chi connectivity index (χ1v) is 19.2. The van der Waals surface area contributed by atoms with Gasteiger partial charge in [-0.25, -0.2) is 0 Å². The Kier molecular flexibility index (Phi) is 39.7. The third kappa shape index (κ3) is 23.1. The number of aliphatic hydroxyl groups excluding tert-OH is 9. The van der Waals surface area contributed by atoms with Gasteiger partial charge in [0.15, 0.2) is 0 Å². The van der Waals surface area contributed by atoms with E-state index in [9.17, 15) is 40.9 Å². The summed E-state index contributed by atoms with van der Waals surface area (Å²) in [6, 6.07) is 0. The van der Waals surface area contributed by atoms with Crippen molar-refractivity contribution in [2.24, 2.45) is 0 Å². The van der Waals surface area contributed by atoms with E-state index in [-0.39, 0.29) is 80.1 Å². The van der Waals surface area contributed by atoms with Crippen LogP contribution >= 0.6 is 40.5 Å². The fourth-order valence-electron chi connectivity index (χ4n) is 5.87. The minimum absolute atomic E-state index is 0. The molecular formula is C36H78O15S3. The van der Waals surface area contributed by atoms with E-state index in [2.05, 4.69) is 20.8 Å². The van der Waals surface area contributed by atoms with Gasteiger partial charge in [0.05, 0.1) is 39.6 Å². The Morgan fingerprint density at radius 1 is 0.537 bits per heavy atom. The fourth-order valence-corrected chi connectivity index (χ4v) is 5.87. The minimum atomic E-state index is -1.02. The number of aliphatic hydroxyl groups is 9. The topological polar surface area (TPSA) is 237 Å². The minimum Gasteiger partial charge on any atom is -0.394 e. The highest BCUT2D eigenvalue weighted by molar-refractivity contribution is 7.59. The summed E-state index contributed by atoms with van der Waals surface area (Å²) in [5.41, 5.74) is 0. The highest BCUT2D eigenvalue weighted by Crippen LogP contribution is 2.22. The van der Waals surface area contributed by atoms with Gasteiger partial charge in [0.1, 0.15) is 73.2 Å². The molecule has 0 amide bonds. The van der Waals surface area contributed by atoms with Gasteiger partial charge in [-0.15, -0.1) is 0 Å². The summed E-state index contributed by atoms with van der Waals surface area (Å²) in [5, 5.41) is 84.7. The van der Waals surface area contributed by atoms with Gasteiger partial charge < -0.3 is 74.4 Å². The van der Waals surface area contributed by atoms with Gasteiger partial charge in [-0.2, -0.15) is 40.5 Å². The lowest BCUT2D eigenvalue weighted by Gasteiger charge is -2.24. The molecule has 0 aromatic carbocycles. The molecule has 0 saturated carbocycles. The molecule has 0 aliphatic carbocycles. The van der Waals surface area contributed by atoms with Crippen LogP contribution < -0.4 is 0 Å². The molecule has 3 fully saturated rings. The van der Waals surface area contributed by atoms with E-state index in [4.69, 9.17) is 33.5 Å². The van der Waals surface area contributed by atoms with Crippen molar-refractivity contribution < 1.29 is 74.4 Å². The van der Waals surface area contributed by atoms with Gasteiger partial charge in [-0.1, -0.05) is 78.6 Å². The molecule has 0 aromatic rings. The Labute approximate surface area is 344 Å². The van der Waals surface area contributed by atoms with Crippen molar-refractivity contribution in [1.29, 1.82) is 0 Å². The van der Waals surface area contributed by atoms with Crippen LogP contribution in [0.4, 0.5) is 0 Å². The summed E-state index contributed by atoms with van der Waals surface area (Å²) < 4.78 is 31.9. The Morgan fingerprint density at radius 3 is 1.46 bits per heavy atom. The lowest BCUT2D eigenvalue weighted by Crippen LogP contribution is -2.42. The lowest BCUT2D eigenvalue weighted by atomic mass is 10.1. The van der Waals surface area contributed by atoms with E-state index in [0.29, 0.717) is 19.8 Å². The second-order valence-electron chi connectivity index (χ2n) is 13.6. The SMILES string of the molecule is CCCCCCOC[C@@H](O)[C@H]1OC[C@H](O)[C@H]1O.CCCCCCO[C@H](CO)[C@H]1OC[C@H](O)[C@H]1O.CCCCCCO[C@H]1[C@@H]([C@H](O)CO)OC[C@@H]1O.S.S.S. The number of hydrogen-bond acceptors (Lipinski definition) is 15. The Hall–Kier alpha value is 0.450. The molecule has 0 aromatic heterocycles. The maximum absolute atomic E-state index is 9.72. The molecule has 18 heteroatoms. The van der Waals surface area contributed by atoms with Gasteiger partial charge in [0.2, 0.25) is 0 Å². The zero-order valence-corrected chi connectivity index (χ0v) is 35.8. The van der Waals surface area contributed by atoms with Crippen molar-refractivity contribution in [2.75, 3.05) is 59.5 Å². The van der Waals surface area contributed by atoms with Crippen molar-refractivity contribution in [3.63, 3.8) is 0 Å². The molecule has 3 aliphatic rings. The van der Waals surface area contributed by atoms with Crippen LogP contribution in [-0.4, -0.2) is 179 Å². The monoisotopic (exact) mass is 846 g/mol. The third-order valence-corrected chi connectivity index (χ3v) is 9.10. The maximum Gasteiger partial charge on any atom is 0.114 e. The van der Waals surface area contributed by atoms with Crippen LogP contribution in [0, 0.1) is 0 Å². The van der Waals surface area contributed by atoms with Gasteiger partial charge >= 0.3 is 0 Å². The van der Waals surface area contributed by atoms with Crippen LogP contribution in [0.2, 0.25) is 0 Å². The molecular weight excluding hydrogens is 769 g/mol. The molecule has 3 rings (SSSR count). The highest BCUT2D eigenvalue weighted by atomic mass is 32.1. The molecule has 330 valence electrons. The number of unbranched alkanes of at least 4 members (excludes halogenated alkanes) is 9. The molecule has 0 radical (unpaired) electrons. The summed E-state index contributed by atoms with van der Waals surface area (Å²) in [5.74, 6) is 0. The Bertz CT molecular complexity index is 814. The quantitative estimate of drug-likeness (QED) is 0.0603. The smallest absolute Gasteiger partial charge is 0.114 e. The number of ether oxygens (including phenoxy) is 6. The van der Waals surface area contributed by atoms with Gasteiger partial charge in [-0.05, 0) is 19.3 Å². The van der Waals surface area contributed by atoms with Crippen molar-refractivity contribution in [3.05, 3.63) is 0 Å². The van der Waals surface area contributed by atoms with E-state index in [1.807, 2.05) is 0 Å². The van der Waals surface area contributed by atoms with E-state index in [1.165, 1.54) is 38.5 Å². The first-order chi connectivity index (χ1) is 24.6. The number of hydrogen-bond donors (Lipinski definition) is 9. The van der Waals surface area contributed by atoms with E-state index in [0.717, 1.165) is 38.5 Å². The van der Waals surface area contributed by atoms with E-state index < -0.39 is 73.2 Å². The van der Waals surface area contributed by atoms with Crippen molar-refractivity contribution >= 4 is 40.5 Å². The van der Waals surface area contributed by atoms with Crippen molar-refractivity contribution in [2.45, 2.75) is 171 Å². The van der Waals surface area contributed by atoms with Gasteiger partial charge in [-0.3, -0.25) is 0 Å². The zero-order valence-electron chi connectivity index (χ0n) is 32.8. The standard InChI is InChI=1S/3C12H24O5.3H2S/c1-2-3-4-5-6-16-7-10(14)12-11(15)9(13)8-17-12;1-2-3-4-5-6-16-10(7-13)12-11(15)9(14)8-17-12;1-2-3-4-5-6-16-12-10(15)8-17-11(12)9(14)7-13;;;/h3*9-15H,2-8H2,1H3;3*1H2/t2*9-,10+,11+,12+;9-,10+,11-,12-;;;/m001.../s1. The highest BCUT2D eigenvalue weighted by Gasteiger charge is 2.42. The summed E-state index contributed by atoms with van der Waals surface area (Å²) in [6.07, 6.45) is 3.85. The van der Waals surface area contributed by atoms with Crippen LogP contribution in [0.25, 0.3) is 0 Å². The van der Waals surface area contributed by atoms with Crippen LogP contribution in [0.15, 0.2) is 0 Å². The van der Waals surface area contributed by atoms with Crippen LogP contribution in [0.3, 0.4) is 0 Å². The molecule has 3 heterocycles. The first-order valence-electron chi connectivity index (χ1n) is 19.2. The summed E-state index contributed by atoms with van der Waals surface area (Å²) in [6.45, 7) is 8.02. The molecule has 54 heavy (non-hydrogen) atoms. The fraction of sp³-hybridized carbons (Fsp3) is 1.00. The largest absolute Gasteiger partial charge is 0.394 e. The average Bonchev–Trinajstić information content (AvgIpc) is 3.79. The van der Waals surface area contributed by atoms with Gasteiger partial charge in [0.25, 0.3) is 0 Å². The third-order valence-electron chi connectivity index (χ3n) is 9.10. The summed E-state index contributed by atoms with van der Waals surface area (Å²) in [7, 11) is 0. The first kappa shape index (κ1) is 58.8. The second-order valence-corrected chi connectivity index (χ2v) is 13.6. The molecule has 9 N–H and O–H groups in total. The van der Waals surface area contributed by atoms with E-state index >= 15 is 0 Å². The van der Waals surface area contributed by atoms with Crippen LogP contribution in [0.5, 0.6) is 0 Å². The Morgan fingerprint density at radius 2 is 1.00 bits per heavy atom.